The molecular weight excluding hydrogens is 464 g/mol. The Balaban J connectivity index is 2.32. The maximum Gasteiger partial charge on any atom is 0.541 e. The van der Waals surface area contributed by atoms with Gasteiger partial charge in [0.1, 0.15) is 5.82 Å². The largest absolute Gasteiger partial charge is 0.541 e. The van der Waals surface area contributed by atoms with Gasteiger partial charge in [-0.05, 0) is 51.8 Å². The number of pyridine rings is 1. The lowest BCUT2D eigenvalue weighted by Gasteiger charge is -2.32. The molecule has 0 aliphatic rings. The Morgan fingerprint density at radius 2 is 1.88 bits per heavy atom. The second-order valence-electron chi connectivity index (χ2n) is 7.76. The third-order valence-corrected chi connectivity index (χ3v) is 7.20. The quantitative estimate of drug-likeness (QED) is 0.333. The molecule has 0 aliphatic heterocycles. The Bertz CT molecular complexity index is 1200. The van der Waals surface area contributed by atoms with Gasteiger partial charge < -0.3 is 10.2 Å². The number of hydrogen-bond acceptors (Lipinski definition) is 5. The molecule has 0 saturated carbocycles. The molecule has 0 amide bonds. The molecule has 9 heteroatoms. The van der Waals surface area contributed by atoms with Gasteiger partial charge >= 0.3 is 19.2 Å². The van der Waals surface area contributed by atoms with Crippen LogP contribution in [0.2, 0.25) is 0 Å². The zero-order valence-corrected chi connectivity index (χ0v) is 19.6. The SMILES string of the molecule is CC(C)C#CC(C(=O)O)([P+](=O)O)C(O)(Cc1ccc(F)cc1)c1cccc(-c2cccs2)n1. The topological polar surface area (TPSA) is 108 Å². The number of halogens is 1. The maximum atomic E-state index is 13.5. The molecule has 170 valence electrons. The number of carboxylic acid groups (broad SMARTS) is 1. The van der Waals surface area contributed by atoms with E-state index >= 15 is 0 Å². The van der Waals surface area contributed by atoms with Crippen LogP contribution in [0.15, 0.2) is 60.0 Å². The minimum atomic E-state index is -3.57. The number of carboxylic acids is 1. The minimum absolute atomic E-state index is 0.129. The molecule has 0 radical (unpaired) electrons. The fourth-order valence-corrected chi connectivity index (χ4v) is 4.93. The molecule has 3 atom stereocenters. The van der Waals surface area contributed by atoms with Gasteiger partial charge in [0.05, 0.1) is 16.3 Å². The van der Waals surface area contributed by atoms with E-state index in [4.69, 9.17) is 0 Å². The average molecular weight is 486 g/mol. The number of nitrogens with zero attached hydrogens (tertiary/aromatic N) is 1. The van der Waals surface area contributed by atoms with E-state index in [2.05, 4.69) is 16.8 Å². The summed E-state index contributed by atoms with van der Waals surface area (Å²) in [7, 11) is -3.57. The summed E-state index contributed by atoms with van der Waals surface area (Å²) < 4.78 is 26.1. The van der Waals surface area contributed by atoms with Gasteiger partial charge in [-0.1, -0.05) is 44.0 Å². The second-order valence-corrected chi connectivity index (χ2v) is 9.93. The van der Waals surface area contributed by atoms with Gasteiger partial charge in [0.25, 0.3) is 0 Å². The average Bonchev–Trinajstić information content (AvgIpc) is 3.30. The third-order valence-electron chi connectivity index (χ3n) is 5.06. The van der Waals surface area contributed by atoms with Crippen molar-refractivity contribution in [3.05, 3.63) is 77.1 Å². The zero-order chi connectivity index (χ0) is 24.2. The Kier molecular flexibility index (Phi) is 7.41. The lowest BCUT2D eigenvalue weighted by Crippen LogP contribution is -2.55. The van der Waals surface area contributed by atoms with E-state index in [1.54, 1.807) is 26.0 Å². The molecule has 0 aliphatic carbocycles. The van der Waals surface area contributed by atoms with Crippen molar-refractivity contribution in [2.24, 2.45) is 5.92 Å². The monoisotopic (exact) mass is 486 g/mol. The van der Waals surface area contributed by atoms with Gasteiger partial charge in [-0.2, -0.15) is 4.89 Å². The first-order valence-corrected chi connectivity index (χ1v) is 12.1. The summed E-state index contributed by atoms with van der Waals surface area (Å²) in [5, 5.41) is 21.3. The zero-order valence-electron chi connectivity index (χ0n) is 17.9. The molecule has 6 nitrogen and oxygen atoms in total. The highest BCUT2D eigenvalue weighted by Crippen LogP contribution is 2.50. The number of benzene rings is 1. The molecular formula is C24H22FNO5PS+. The number of aliphatic hydroxyl groups is 1. The normalized spacial score (nSPS) is 15.2. The highest BCUT2D eigenvalue weighted by atomic mass is 32.1. The van der Waals surface area contributed by atoms with E-state index in [0.717, 1.165) is 17.0 Å². The molecule has 3 aromatic rings. The summed E-state index contributed by atoms with van der Waals surface area (Å²) >= 11 is 1.40. The fraction of sp³-hybridized carbons (Fsp3) is 0.250. The number of thiophene rings is 1. The van der Waals surface area contributed by atoms with Gasteiger partial charge in [-0.3, -0.25) is 0 Å². The first kappa shape index (κ1) is 24.7. The smallest absolute Gasteiger partial charge is 0.477 e. The highest BCUT2D eigenvalue weighted by molar-refractivity contribution is 7.42. The molecule has 2 aromatic heterocycles. The van der Waals surface area contributed by atoms with Crippen molar-refractivity contribution in [3.8, 4) is 22.4 Å². The maximum absolute atomic E-state index is 13.5. The van der Waals surface area contributed by atoms with Crippen LogP contribution in [0.1, 0.15) is 25.1 Å². The highest BCUT2D eigenvalue weighted by Gasteiger charge is 2.72. The standard InChI is InChI=1S/C24H21FNO5PS/c1-16(2)12-13-24(22(27)28,32(30)31)23(29,15-17-8-10-18(25)11-9-17)21-7-3-5-19(26-21)20-6-4-14-33-20/h3-11,14,16,29H,15H2,1-2H3,(H-,27,28,30,31)/p+1. The van der Waals surface area contributed by atoms with Crippen molar-refractivity contribution in [3.63, 3.8) is 0 Å². The number of aliphatic carboxylic acids is 1. The number of hydrogen-bond donors (Lipinski definition) is 3. The second kappa shape index (κ2) is 9.90. The molecule has 1 aromatic carbocycles. The first-order valence-electron chi connectivity index (χ1n) is 10.0. The van der Waals surface area contributed by atoms with Crippen LogP contribution in [0.3, 0.4) is 0 Å². The van der Waals surface area contributed by atoms with E-state index in [1.807, 2.05) is 17.5 Å². The van der Waals surface area contributed by atoms with Crippen molar-refractivity contribution < 1.29 is 28.9 Å². The van der Waals surface area contributed by atoms with Crippen LogP contribution in [0.5, 0.6) is 0 Å². The predicted molar refractivity (Wildman–Crippen MR) is 124 cm³/mol. The molecule has 0 spiro atoms. The molecule has 0 bridgehead atoms. The van der Waals surface area contributed by atoms with Crippen molar-refractivity contribution in [2.45, 2.75) is 31.0 Å². The van der Waals surface area contributed by atoms with Crippen LogP contribution in [-0.4, -0.2) is 31.2 Å². The van der Waals surface area contributed by atoms with Crippen LogP contribution < -0.4 is 0 Å². The number of aromatic nitrogens is 1. The lowest BCUT2D eigenvalue weighted by atomic mass is 9.78. The molecule has 33 heavy (non-hydrogen) atoms. The first-order chi connectivity index (χ1) is 15.6. The molecule has 3 unspecified atom stereocenters. The van der Waals surface area contributed by atoms with Crippen molar-refractivity contribution in [1.82, 2.24) is 4.98 Å². The van der Waals surface area contributed by atoms with Crippen LogP contribution in [0.4, 0.5) is 4.39 Å². The summed E-state index contributed by atoms with van der Waals surface area (Å²) in [4.78, 5) is 28.1. The van der Waals surface area contributed by atoms with Crippen LogP contribution in [0, 0.1) is 23.6 Å². The summed E-state index contributed by atoms with van der Waals surface area (Å²) in [6.07, 6.45) is -0.436. The van der Waals surface area contributed by atoms with Gasteiger partial charge in [0, 0.05) is 12.3 Å². The van der Waals surface area contributed by atoms with E-state index in [0.29, 0.717) is 11.3 Å². The van der Waals surface area contributed by atoms with Crippen molar-refractivity contribution in [1.29, 1.82) is 0 Å². The molecule has 3 N–H and O–H groups in total. The van der Waals surface area contributed by atoms with Gasteiger partial charge in [0.2, 0.25) is 0 Å². The fourth-order valence-electron chi connectivity index (χ4n) is 3.40. The van der Waals surface area contributed by atoms with Crippen LogP contribution in [-0.2, 0) is 21.4 Å². The number of rotatable bonds is 7. The van der Waals surface area contributed by atoms with E-state index in [9.17, 15) is 28.9 Å². The molecule has 2 heterocycles. The van der Waals surface area contributed by atoms with Crippen molar-refractivity contribution in [2.75, 3.05) is 0 Å². The Morgan fingerprint density at radius 3 is 2.42 bits per heavy atom. The summed E-state index contributed by atoms with van der Waals surface area (Å²) in [6, 6.07) is 13.4. The Hall–Kier alpha value is -2.95. The summed E-state index contributed by atoms with van der Waals surface area (Å²) in [5.41, 5.74) is -1.84. The molecule has 0 fully saturated rings. The lowest BCUT2D eigenvalue weighted by molar-refractivity contribution is -0.146. The van der Waals surface area contributed by atoms with Crippen LogP contribution >= 0.6 is 19.4 Å². The molecule has 3 rings (SSSR count). The molecule has 0 saturated heterocycles. The number of carbonyl (C=O) groups is 1. The Labute approximate surface area is 195 Å². The third kappa shape index (κ3) is 4.87. The predicted octanol–water partition coefficient (Wildman–Crippen LogP) is 4.60. The summed E-state index contributed by atoms with van der Waals surface area (Å²) in [6.45, 7) is 3.39. The van der Waals surface area contributed by atoms with Crippen molar-refractivity contribution >= 4 is 25.3 Å². The van der Waals surface area contributed by atoms with E-state index in [1.165, 1.54) is 29.5 Å². The van der Waals surface area contributed by atoms with Crippen LogP contribution in [0.25, 0.3) is 10.6 Å². The van der Waals surface area contributed by atoms with Gasteiger partial charge in [0.15, 0.2) is 5.60 Å². The minimum Gasteiger partial charge on any atom is -0.477 e. The van der Waals surface area contributed by atoms with Gasteiger partial charge in [-0.25, -0.2) is 14.2 Å². The summed E-state index contributed by atoms with van der Waals surface area (Å²) in [5.74, 6) is 2.45. The van der Waals surface area contributed by atoms with E-state index in [-0.39, 0.29) is 11.6 Å². The van der Waals surface area contributed by atoms with E-state index < -0.39 is 37.0 Å². The van der Waals surface area contributed by atoms with Gasteiger partial charge in [-0.15, -0.1) is 11.3 Å². The Morgan fingerprint density at radius 1 is 1.18 bits per heavy atom.